The van der Waals surface area contributed by atoms with Gasteiger partial charge in [0.15, 0.2) is 0 Å². The van der Waals surface area contributed by atoms with Crippen LogP contribution < -0.4 is 0 Å². The van der Waals surface area contributed by atoms with E-state index in [9.17, 15) is 9.65 Å². The predicted molar refractivity (Wildman–Crippen MR) is 111 cm³/mol. The van der Waals surface area contributed by atoms with Crippen molar-refractivity contribution in [2.24, 2.45) is 10.9 Å². The number of hydrogen-bond donors (Lipinski definition) is 0. The lowest BCUT2D eigenvalue weighted by molar-refractivity contribution is 0.0307. The highest BCUT2D eigenvalue weighted by molar-refractivity contribution is 6.01. The Morgan fingerprint density at radius 2 is 2.29 bits per heavy atom. The zero-order valence-electron chi connectivity index (χ0n) is 17.4. The summed E-state index contributed by atoms with van der Waals surface area (Å²) in [6, 6.07) is 2.33. The molecule has 0 saturated heterocycles. The van der Waals surface area contributed by atoms with Crippen LogP contribution in [0.3, 0.4) is 0 Å². The summed E-state index contributed by atoms with van der Waals surface area (Å²) in [5.41, 5.74) is 3.25. The second kappa shape index (κ2) is 9.05. The van der Waals surface area contributed by atoms with E-state index in [1.54, 1.807) is 6.08 Å². The minimum Gasteiger partial charge on any atom is -0.459 e. The van der Waals surface area contributed by atoms with Crippen LogP contribution in [0, 0.1) is 17.2 Å². The Kier molecular flexibility index (Phi) is 6.72. The first-order valence-corrected chi connectivity index (χ1v) is 10.6. The molecule has 2 bridgehead atoms. The molecule has 0 fully saturated rings. The van der Waals surface area contributed by atoms with E-state index >= 15 is 0 Å². The molecule has 2 unspecified atom stereocenters. The van der Waals surface area contributed by atoms with Gasteiger partial charge in [-0.05, 0) is 44.3 Å². The average molecular weight is 386 g/mol. The summed E-state index contributed by atoms with van der Waals surface area (Å²) in [4.78, 5) is 7.56. The third kappa shape index (κ3) is 4.38. The van der Waals surface area contributed by atoms with Gasteiger partial charge in [-0.15, -0.1) is 0 Å². The highest BCUT2D eigenvalue weighted by Gasteiger charge is 2.42. The number of alkyl halides is 1. The molecule has 1 spiro atoms. The molecule has 0 aromatic rings. The molecule has 152 valence electrons. The summed E-state index contributed by atoms with van der Waals surface area (Å²) in [5.74, 6) is 0.132. The molecule has 0 N–H and O–H groups in total. The first-order valence-electron chi connectivity index (χ1n) is 10.6. The maximum absolute atomic E-state index is 13.7. The van der Waals surface area contributed by atoms with Crippen LogP contribution in [0.15, 0.2) is 40.1 Å². The maximum atomic E-state index is 13.7. The van der Waals surface area contributed by atoms with Crippen LogP contribution >= 0.6 is 0 Å². The predicted octanol–water partition coefficient (Wildman–Crippen LogP) is 5.10. The van der Waals surface area contributed by atoms with Gasteiger partial charge in [-0.25, -0.2) is 4.39 Å². The van der Waals surface area contributed by atoms with E-state index < -0.39 is 6.36 Å². The quantitative estimate of drug-likeness (QED) is 0.676. The van der Waals surface area contributed by atoms with E-state index in [0.29, 0.717) is 18.8 Å². The molecule has 0 radical (unpaired) electrons. The molecule has 2 aliphatic heterocycles. The topological polar surface area (TPSA) is 48.6 Å². The van der Waals surface area contributed by atoms with Crippen LogP contribution in [0.25, 0.3) is 0 Å². The minimum atomic E-state index is -1.42. The van der Waals surface area contributed by atoms with Crippen molar-refractivity contribution >= 4 is 5.71 Å². The third-order valence-electron chi connectivity index (χ3n) is 5.97. The van der Waals surface area contributed by atoms with Crippen LogP contribution in [0.5, 0.6) is 0 Å². The van der Waals surface area contributed by atoms with Crippen molar-refractivity contribution in [1.29, 1.82) is 5.26 Å². The molecule has 3 aliphatic rings. The Labute approximate surface area is 168 Å². The number of fused-ring (bicyclic) bond motifs is 2. The second-order valence-corrected chi connectivity index (χ2v) is 8.12. The van der Waals surface area contributed by atoms with Crippen LogP contribution in [0.4, 0.5) is 4.39 Å². The van der Waals surface area contributed by atoms with Crippen molar-refractivity contribution in [3.63, 3.8) is 0 Å². The lowest BCUT2D eigenvalue weighted by Gasteiger charge is -2.43. The number of hydrogen-bond acceptors (Lipinski definition) is 4. The van der Waals surface area contributed by atoms with Gasteiger partial charge in [0, 0.05) is 26.6 Å². The van der Waals surface area contributed by atoms with Crippen molar-refractivity contribution in [3.05, 3.63) is 35.1 Å². The smallest absolute Gasteiger partial charge is 0.235 e. The summed E-state index contributed by atoms with van der Waals surface area (Å²) in [5, 5.41) is 9.56. The van der Waals surface area contributed by atoms with Gasteiger partial charge in [0.2, 0.25) is 6.36 Å². The lowest BCUT2D eigenvalue weighted by atomic mass is 9.76. The Hall–Kier alpha value is -1.93. The van der Waals surface area contributed by atoms with Crippen LogP contribution in [-0.2, 0) is 4.74 Å². The van der Waals surface area contributed by atoms with E-state index in [2.05, 4.69) is 37.0 Å². The van der Waals surface area contributed by atoms with E-state index in [-0.39, 0.29) is 11.5 Å². The molecular weight excluding hydrogens is 353 g/mol. The Balaban J connectivity index is 2.13. The number of allylic oxidation sites excluding steroid dienone is 2. The highest BCUT2D eigenvalue weighted by atomic mass is 19.1. The number of nitrogens with zero attached hydrogens (tertiary/aromatic N) is 3. The van der Waals surface area contributed by atoms with Crippen LogP contribution in [0.1, 0.15) is 59.3 Å². The largest absolute Gasteiger partial charge is 0.459 e. The summed E-state index contributed by atoms with van der Waals surface area (Å²) in [6.45, 7) is 7.71. The molecule has 4 nitrogen and oxygen atoms in total. The van der Waals surface area contributed by atoms with E-state index in [1.165, 1.54) is 30.9 Å². The second-order valence-electron chi connectivity index (χ2n) is 8.12. The van der Waals surface area contributed by atoms with E-state index in [4.69, 9.17) is 9.73 Å². The fourth-order valence-corrected chi connectivity index (χ4v) is 4.82. The summed E-state index contributed by atoms with van der Waals surface area (Å²) in [7, 11) is 0. The average Bonchev–Trinajstić information content (AvgIpc) is 2.77. The van der Waals surface area contributed by atoms with Gasteiger partial charge >= 0.3 is 0 Å². The van der Waals surface area contributed by atoms with Gasteiger partial charge in [0.05, 0.1) is 23.2 Å². The van der Waals surface area contributed by atoms with Gasteiger partial charge in [0.1, 0.15) is 5.76 Å². The van der Waals surface area contributed by atoms with E-state index in [0.717, 1.165) is 37.9 Å². The number of ether oxygens (including phenoxy) is 1. The monoisotopic (exact) mass is 385 g/mol. The van der Waals surface area contributed by atoms with Gasteiger partial charge in [-0.3, -0.25) is 9.89 Å². The minimum absolute atomic E-state index is 0.315. The fourth-order valence-electron chi connectivity index (χ4n) is 4.82. The van der Waals surface area contributed by atoms with Crippen molar-refractivity contribution in [2.45, 2.75) is 71.2 Å². The van der Waals surface area contributed by atoms with Gasteiger partial charge in [-0.2, -0.15) is 5.26 Å². The summed E-state index contributed by atoms with van der Waals surface area (Å²) in [6.07, 6.45) is 11.4. The van der Waals surface area contributed by atoms with Gasteiger partial charge in [0.25, 0.3) is 0 Å². The van der Waals surface area contributed by atoms with Crippen molar-refractivity contribution in [2.75, 3.05) is 19.6 Å². The number of aliphatic imine (C=N–C) groups is 1. The fraction of sp³-hybridized carbons (Fsp3) is 0.652. The van der Waals surface area contributed by atoms with Crippen LogP contribution in [0.2, 0.25) is 0 Å². The standard InChI is InChI=1S/C23H32FN3O/c1-4-9-20-19(5-2)10-7-6-8-11-23(20)16-27-14-18(13-25)12-22(28-17(3)24)21(15-27)26-23/h4,9,12,17-18H,5-8,10-11,14-16H2,1-3H3/b9-4-,20-19-/t17?,18-,23-/m1/s1. The van der Waals surface area contributed by atoms with Gasteiger partial charge < -0.3 is 4.74 Å². The SMILES string of the molecule is C/C=C\C1=C(/CC)CCCCC[C@@]12CN1CC(=N2)C(OC(C)F)=C[C@H](C#N)C1. The van der Waals surface area contributed by atoms with E-state index in [1.807, 2.05) is 0 Å². The van der Waals surface area contributed by atoms with Crippen LogP contribution in [-0.4, -0.2) is 42.1 Å². The number of halogens is 1. The number of nitriles is 1. The normalized spacial score (nSPS) is 34.7. The molecule has 5 heteroatoms. The number of rotatable bonds is 4. The lowest BCUT2D eigenvalue weighted by Crippen LogP contribution is -2.51. The maximum Gasteiger partial charge on any atom is 0.235 e. The first kappa shape index (κ1) is 20.8. The molecule has 28 heavy (non-hydrogen) atoms. The molecule has 1 aliphatic carbocycles. The van der Waals surface area contributed by atoms with Crippen molar-refractivity contribution < 1.29 is 9.13 Å². The van der Waals surface area contributed by atoms with Crippen molar-refractivity contribution in [1.82, 2.24) is 4.90 Å². The molecule has 3 rings (SSSR count). The molecule has 0 aromatic carbocycles. The Morgan fingerprint density at radius 3 is 2.96 bits per heavy atom. The zero-order valence-corrected chi connectivity index (χ0v) is 17.4. The summed E-state index contributed by atoms with van der Waals surface area (Å²) >= 11 is 0. The third-order valence-corrected chi connectivity index (χ3v) is 5.97. The Morgan fingerprint density at radius 1 is 1.46 bits per heavy atom. The molecule has 2 heterocycles. The van der Waals surface area contributed by atoms with Gasteiger partial charge in [-0.1, -0.05) is 37.5 Å². The van der Waals surface area contributed by atoms with Crippen molar-refractivity contribution in [3.8, 4) is 6.07 Å². The summed E-state index contributed by atoms with van der Waals surface area (Å²) < 4.78 is 19.2. The molecule has 4 atom stereocenters. The molecular formula is C23H32FN3O. The zero-order chi connectivity index (χ0) is 20.1. The highest BCUT2D eigenvalue weighted by Crippen LogP contribution is 2.40. The first-order chi connectivity index (χ1) is 13.5. The molecule has 0 saturated carbocycles. The Bertz CT molecular complexity index is 743. The molecule has 0 amide bonds. The molecule has 0 aromatic heterocycles.